The summed E-state index contributed by atoms with van der Waals surface area (Å²) in [5.41, 5.74) is 0. The number of sulfonamides is 1. The zero-order valence-electron chi connectivity index (χ0n) is 7.21. The van der Waals surface area contributed by atoms with Crippen LogP contribution in [0, 0.1) is 5.92 Å². The van der Waals surface area contributed by atoms with E-state index in [1.54, 1.807) is 11.8 Å². The number of hydrogen-bond donors (Lipinski definition) is 1. The third kappa shape index (κ3) is 6.11. The SMILES string of the molecule is CSCC(C)CNS(=O)(=O)CCl. The van der Waals surface area contributed by atoms with Crippen LogP contribution in [0.5, 0.6) is 0 Å². The quantitative estimate of drug-likeness (QED) is 0.697. The first-order chi connectivity index (χ1) is 5.52. The number of halogens is 1. The Labute approximate surface area is 83.3 Å². The summed E-state index contributed by atoms with van der Waals surface area (Å²) in [5, 5.41) is -0.362. The molecule has 0 spiro atoms. The fourth-order valence-corrected chi connectivity index (χ4v) is 2.19. The minimum absolute atomic E-state index is 0.345. The molecule has 0 aliphatic rings. The Bertz CT molecular complexity index is 206. The molecule has 0 saturated heterocycles. The Hall–Kier alpha value is 0.550. The summed E-state index contributed by atoms with van der Waals surface area (Å²) in [5.74, 6) is 1.29. The molecule has 0 aliphatic carbocycles. The molecule has 1 atom stereocenters. The zero-order valence-corrected chi connectivity index (χ0v) is 9.60. The van der Waals surface area contributed by atoms with E-state index in [1.165, 1.54) is 0 Å². The Balaban J connectivity index is 3.68. The van der Waals surface area contributed by atoms with Gasteiger partial charge in [-0.05, 0) is 17.9 Å². The molecular weight excluding hydrogens is 218 g/mol. The number of hydrogen-bond acceptors (Lipinski definition) is 3. The molecular formula is C6H14ClNO2S2. The minimum atomic E-state index is -3.23. The van der Waals surface area contributed by atoms with Gasteiger partial charge in [-0.25, -0.2) is 13.1 Å². The topological polar surface area (TPSA) is 46.2 Å². The molecule has 1 unspecified atom stereocenters. The predicted octanol–water partition coefficient (Wildman–Crippen LogP) is 1.10. The normalized spacial score (nSPS) is 14.6. The van der Waals surface area contributed by atoms with Gasteiger partial charge in [0.1, 0.15) is 5.21 Å². The molecule has 0 heterocycles. The highest BCUT2D eigenvalue weighted by Crippen LogP contribution is 2.03. The third-order valence-corrected chi connectivity index (χ3v) is 3.90. The number of rotatable bonds is 6. The fraction of sp³-hybridized carbons (Fsp3) is 1.00. The highest BCUT2D eigenvalue weighted by Gasteiger charge is 2.09. The predicted molar refractivity (Wildman–Crippen MR) is 55.2 cm³/mol. The molecule has 12 heavy (non-hydrogen) atoms. The zero-order chi connectivity index (χ0) is 9.61. The van der Waals surface area contributed by atoms with Crippen molar-refractivity contribution in [3.05, 3.63) is 0 Å². The van der Waals surface area contributed by atoms with Crippen molar-refractivity contribution in [3.8, 4) is 0 Å². The van der Waals surface area contributed by atoms with Crippen molar-refractivity contribution in [2.24, 2.45) is 5.92 Å². The average Bonchev–Trinajstić information content (AvgIpc) is 2.02. The molecule has 0 aromatic rings. The van der Waals surface area contributed by atoms with Crippen LogP contribution in [0.2, 0.25) is 0 Å². The van der Waals surface area contributed by atoms with Crippen LogP contribution in [0.1, 0.15) is 6.92 Å². The second kappa shape index (κ2) is 6.07. The monoisotopic (exact) mass is 231 g/mol. The maximum Gasteiger partial charge on any atom is 0.225 e. The van der Waals surface area contributed by atoms with Crippen LogP contribution in [0.3, 0.4) is 0 Å². The molecule has 1 N–H and O–H groups in total. The van der Waals surface area contributed by atoms with Gasteiger partial charge in [0.05, 0.1) is 0 Å². The Morgan fingerprint density at radius 2 is 2.17 bits per heavy atom. The number of nitrogens with one attached hydrogen (secondary N) is 1. The third-order valence-electron chi connectivity index (χ3n) is 1.25. The molecule has 0 bridgehead atoms. The highest BCUT2D eigenvalue weighted by molar-refractivity contribution is 7.98. The van der Waals surface area contributed by atoms with E-state index in [2.05, 4.69) is 4.72 Å². The van der Waals surface area contributed by atoms with Gasteiger partial charge in [-0.1, -0.05) is 6.92 Å². The van der Waals surface area contributed by atoms with Gasteiger partial charge < -0.3 is 0 Å². The number of thioether (sulfide) groups is 1. The van der Waals surface area contributed by atoms with Gasteiger partial charge >= 0.3 is 0 Å². The standard InChI is InChI=1S/C6H14ClNO2S2/c1-6(4-11-2)3-8-12(9,10)5-7/h6,8H,3-5H2,1-2H3. The first kappa shape index (κ1) is 12.6. The van der Waals surface area contributed by atoms with E-state index < -0.39 is 10.0 Å². The Morgan fingerprint density at radius 1 is 1.58 bits per heavy atom. The van der Waals surface area contributed by atoms with Crippen LogP contribution in [0.4, 0.5) is 0 Å². The summed E-state index contributed by atoms with van der Waals surface area (Å²) in [6.07, 6.45) is 1.99. The van der Waals surface area contributed by atoms with Gasteiger partial charge in [-0.2, -0.15) is 11.8 Å². The molecule has 0 amide bonds. The van der Waals surface area contributed by atoms with Crippen LogP contribution in [-0.2, 0) is 10.0 Å². The molecule has 0 fully saturated rings. The van der Waals surface area contributed by atoms with Crippen molar-refractivity contribution < 1.29 is 8.42 Å². The van der Waals surface area contributed by atoms with Gasteiger partial charge in [0, 0.05) is 6.54 Å². The minimum Gasteiger partial charge on any atom is -0.214 e. The summed E-state index contributed by atoms with van der Waals surface area (Å²) in [4.78, 5) is 0. The van der Waals surface area contributed by atoms with Crippen LogP contribution in [0.25, 0.3) is 0 Å². The van der Waals surface area contributed by atoms with Crippen molar-refractivity contribution in [2.75, 3.05) is 23.8 Å². The van der Waals surface area contributed by atoms with Crippen LogP contribution < -0.4 is 4.72 Å². The summed E-state index contributed by atoms with van der Waals surface area (Å²) in [6.45, 7) is 2.46. The molecule has 0 saturated carbocycles. The van der Waals surface area contributed by atoms with E-state index in [0.717, 1.165) is 5.75 Å². The molecule has 74 valence electrons. The maximum absolute atomic E-state index is 10.9. The van der Waals surface area contributed by atoms with Crippen molar-refractivity contribution in [1.82, 2.24) is 4.72 Å². The van der Waals surface area contributed by atoms with E-state index in [1.807, 2.05) is 13.2 Å². The van der Waals surface area contributed by atoms with E-state index in [-0.39, 0.29) is 5.21 Å². The van der Waals surface area contributed by atoms with Gasteiger partial charge in [-0.15, -0.1) is 11.6 Å². The van der Waals surface area contributed by atoms with Gasteiger partial charge in [0.2, 0.25) is 10.0 Å². The lowest BCUT2D eigenvalue weighted by atomic mass is 10.2. The lowest BCUT2D eigenvalue weighted by Gasteiger charge is -2.09. The first-order valence-corrected chi connectivity index (χ1v) is 7.12. The lowest BCUT2D eigenvalue weighted by Crippen LogP contribution is -2.29. The smallest absolute Gasteiger partial charge is 0.214 e. The molecule has 0 aliphatic heterocycles. The van der Waals surface area contributed by atoms with Crippen molar-refractivity contribution in [2.45, 2.75) is 6.92 Å². The van der Waals surface area contributed by atoms with Crippen molar-refractivity contribution in [1.29, 1.82) is 0 Å². The molecule has 3 nitrogen and oxygen atoms in total. The van der Waals surface area contributed by atoms with Gasteiger partial charge in [0.25, 0.3) is 0 Å². The Morgan fingerprint density at radius 3 is 2.58 bits per heavy atom. The van der Waals surface area contributed by atoms with E-state index in [4.69, 9.17) is 11.6 Å². The Kier molecular flexibility index (Phi) is 6.35. The lowest BCUT2D eigenvalue weighted by molar-refractivity contribution is 0.567. The molecule has 6 heteroatoms. The average molecular weight is 232 g/mol. The molecule has 0 aromatic carbocycles. The van der Waals surface area contributed by atoms with Crippen molar-refractivity contribution >= 4 is 33.4 Å². The highest BCUT2D eigenvalue weighted by atomic mass is 35.5. The maximum atomic E-state index is 10.9. The second-order valence-corrected chi connectivity index (χ2v) is 5.93. The largest absolute Gasteiger partial charge is 0.225 e. The molecule has 0 radical (unpaired) electrons. The molecule has 0 aromatic heterocycles. The fourth-order valence-electron chi connectivity index (χ4n) is 0.651. The van der Waals surface area contributed by atoms with E-state index in [0.29, 0.717) is 12.5 Å². The summed E-state index contributed by atoms with van der Waals surface area (Å²) >= 11 is 6.90. The summed E-state index contributed by atoms with van der Waals surface area (Å²) in [7, 11) is -3.23. The van der Waals surface area contributed by atoms with Gasteiger partial charge in [-0.3, -0.25) is 0 Å². The summed E-state index contributed by atoms with van der Waals surface area (Å²) < 4.78 is 24.1. The second-order valence-electron chi connectivity index (χ2n) is 2.63. The van der Waals surface area contributed by atoms with Gasteiger partial charge in [0.15, 0.2) is 0 Å². The summed E-state index contributed by atoms with van der Waals surface area (Å²) in [6, 6.07) is 0. The van der Waals surface area contributed by atoms with E-state index >= 15 is 0 Å². The van der Waals surface area contributed by atoms with Crippen LogP contribution in [-0.4, -0.2) is 32.2 Å². The van der Waals surface area contributed by atoms with Crippen molar-refractivity contribution in [3.63, 3.8) is 0 Å². The van der Waals surface area contributed by atoms with Crippen LogP contribution in [0.15, 0.2) is 0 Å². The molecule has 0 rings (SSSR count). The van der Waals surface area contributed by atoms with E-state index in [9.17, 15) is 8.42 Å². The van der Waals surface area contributed by atoms with Crippen LogP contribution >= 0.6 is 23.4 Å². The first-order valence-electron chi connectivity index (χ1n) is 3.54. The number of alkyl halides is 1.